The van der Waals surface area contributed by atoms with Crippen molar-refractivity contribution in [3.05, 3.63) is 0 Å². The van der Waals surface area contributed by atoms with Crippen LogP contribution in [0.2, 0.25) is 0 Å². The highest BCUT2D eigenvalue weighted by atomic mass is 32.2. The summed E-state index contributed by atoms with van der Waals surface area (Å²) in [5.74, 6) is -0.753. The molecule has 0 aliphatic carbocycles. The average molecular weight is 297 g/mol. The number of rotatable bonds is 8. The van der Waals surface area contributed by atoms with Crippen molar-refractivity contribution in [1.29, 1.82) is 0 Å². The molecular weight excluding hydrogens is 273 g/mol. The standard InChI is InChI=1S/C12H24FNO4S/c1-12(2,3)11(15)10(13)6-5-7-14(4)8-9-19(16,17)18/h10H,5-9H2,1-4H3,(H,16,17,18)/t10-/m0/s1. The van der Waals surface area contributed by atoms with E-state index in [1.54, 1.807) is 32.7 Å². The Bertz CT molecular complexity index is 389. The summed E-state index contributed by atoms with van der Waals surface area (Å²) in [6.07, 6.45) is -0.882. The molecule has 1 N–H and O–H groups in total. The maximum Gasteiger partial charge on any atom is 0.266 e. The first kappa shape index (κ1) is 18.5. The minimum atomic E-state index is -3.96. The molecule has 0 rings (SSSR count). The van der Waals surface area contributed by atoms with Crippen molar-refractivity contribution in [3.8, 4) is 0 Å². The second kappa shape index (κ2) is 7.31. The van der Waals surface area contributed by atoms with Gasteiger partial charge in [0.25, 0.3) is 10.1 Å². The lowest BCUT2D eigenvalue weighted by Gasteiger charge is -2.20. The number of ketones is 1. The summed E-state index contributed by atoms with van der Waals surface area (Å²) in [6, 6.07) is 0. The fourth-order valence-corrected chi connectivity index (χ4v) is 2.07. The van der Waals surface area contributed by atoms with Crippen LogP contribution in [0.4, 0.5) is 4.39 Å². The van der Waals surface area contributed by atoms with Crippen LogP contribution in [0.5, 0.6) is 0 Å². The van der Waals surface area contributed by atoms with Gasteiger partial charge in [0.05, 0.1) is 5.75 Å². The molecule has 7 heteroatoms. The van der Waals surface area contributed by atoms with E-state index < -0.39 is 27.5 Å². The highest BCUT2D eigenvalue weighted by Gasteiger charge is 2.29. The lowest BCUT2D eigenvalue weighted by molar-refractivity contribution is -0.131. The molecule has 114 valence electrons. The van der Waals surface area contributed by atoms with E-state index in [1.807, 2.05) is 0 Å². The van der Waals surface area contributed by atoms with Gasteiger partial charge in [0.1, 0.15) is 0 Å². The summed E-state index contributed by atoms with van der Waals surface area (Å²) < 4.78 is 43.3. The first-order valence-corrected chi connectivity index (χ1v) is 7.86. The number of Topliss-reactive ketones (excluding diaryl/α,β-unsaturated/α-hetero) is 1. The molecule has 0 aromatic rings. The van der Waals surface area contributed by atoms with Crippen molar-refractivity contribution < 1.29 is 22.2 Å². The molecule has 0 saturated heterocycles. The third kappa shape index (κ3) is 9.07. The van der Waals surface area contributed by atoms with Crippen molar-refractivity contribution in [2.75, 3.05) is 25.9 Å². The zero-order chi connectivity index (χ0) is 15.3. The van der Waals surface area contributed by atoms with Gasteiger partial charge in [0, 0.05) is 12.0 Å². The Hall–Kier alpha value is -0.530. The van der Waals surface area contributed by atoms with Crippen molar-refractivity contribution in [2.24, 2.45) is 5.41 Å². The predicted octanol–water partition coefficient (Wildman–Crippen LogP) is 1.54. The van der Waals surface area contributed by atoms with Gasteiger partial charge in [-0.05, 0) is 26.4 Å². The van der Waals surface area contributed by atoms with Crippen LogP contribution < -0.4 is 0 Å². The monoisotopic (exact) mass is 297 g/mol. The normalized spacial score (nSPS) is 14.7. The second-order valence-corrected chi connectivity index (χ2v) is 7.39. The minimum absolute atomic E-state index is 0.131. The third-order valence-electron chi connectivity index (χ3n) is 2.75. The van der Waals surface area contributed by atoms with Gasteiger partial charge in [-0.15, -0.1) is 0 Å². The predicted molar refractivity (Wildman–Crippen MR) is 72.5 cm³/mol. The quantitative estimate of drug-likeness (QED) is 0.688. The lowest BCUT2D eigenvalue weighted by Crippen LogP contribution is -2.31. The Morgan fingerprint density at radius 1 is 1.32 bits per heavy atom. The van der Waals surface area contributed by atoms with Gasteiger partial charge >= 0.3 is 0 Å². The van der Waals surface area contributed by atoms with Gasteiger partial charge in [-0.3, -0.25) is 9.35 Å². The van der Waals surface area contributed by atoms with Crippen LogP contribution in [0, 0.1) is 5.41 Å². The molecule has 0 saturated carbocycles. The molecule has 0 spiro atoms. The minimum Gasteiger partial charge on any atom is -0.305 e. The molecule has 19 heavy (non-hydrogen) atoms. The van der Waals surface area contributed by atoms with E-state index in [-0.39, 0.29) is 18.7 Å². The Morgan fingerprint density at radius 2 is 1.84 bits per heavy atom. The average Bonchev–Trinajstić information content (AvgIpc) is 2.23. The molecular formula is C12H24FNO4S. The van der Waals surface area contributed by atoms with Crippen LogP contribution in [0.1, 0.15) is 33.6 Å². The van der Waals surface area contributed by atoms with Crippen molar-refractivity contribution in [2.45, 2.75) is 39.8 Å². The van der Waals surface area contributed by atoms with E-state index in [4.69, 9.17) is 4.55 Å². The molecule has 0 unspecified atom stereocenters. The van der Waals surface area contributed by atoms with E-state index >= 15 is 0 Å². The number of alkyl halides is 1. The third-order valence-corrected chi connectivity index (χ3v) is 3.45. The molecule has 0 aromatic carbocycles. The zero-order valence-corrected chi connectivity index (χ0v) is 12.8. The molecule has 0 bridgehead atoms. The van der Waals surface area contributed by atoms with E-state index in [1.165, 1.54) is 0 Å². The summed E-state index contributed by atoms with van der Waals surface area (Å²) >= 11 is 0. The van der Waals surface area contributed by atoms with Gasteiger partial charge in [-0.2, -0.15) is 8.42 Å². The highest BCUT2D eigenvalue weighted by Crippen LogP contribution is 2.20. The number of carbonyl (C=O) groups is 1. The van der Waals surface area contributed by atoms with E-state index in [0.717, 1.165) is 0 Å². The van der Waals surface area contributed by atoms with Crippen molar-refractivity contribution in [3.63, 3.8) is 0 Å². The van der Waals surface area contributed by atoms with E-state index in [0.29, 0.717) is 13.0 Å². The molecule has 0 fully saturated rings. The zero-order valence-electron chi connectivity index (χ0n) is 12.0. The Labute approximate surface area is 114 Å². The summed E-state index contributed by atoms with van der Waals surface area (Å²) in [4.78, 5) is 13.3. The number of carbonyl (C=O) groups excluding carboxylic acids is 1. The number of halogens is 1. The van der Waals surface area contributed by atoms with E-state index in [9.17, 15) is 17.6 Å². The maximum absolute atomic E-state index is 13.6. The molecule has 0 radical (unpaired) electrons. The van der Waals surface area contributed by atoms with Crippen LogP contribution in [-0.2, 0) is 14.9 Å². The fraction of sp³-hybridized carbons (Fsp3) is 0.917. The first-order valence-electron chi connectivity index (χ1n) is 6.25. The number of hydrogen-bond donors (Lipinski definition) is 1. The number of nitrogens with zero attached hydrogens (tertiary/aromatic N) is 1. The van der Waals surface area contributed by atoms with Gasteiger partial charge in [-0.25, -0.2) is 4.39 Å². The summed E-state index contributed by atoms with van der Waals surface area (Å²) in [7, 11) is -2.28. The molecule has 0 heterocycles. The molecule has 0 aromatic heterocycles. The Morgan fingerprint density at radius 3 is 2.26 bits per heavy atom. The molecule has 0 aliphatic rings. The SMILES string of the molecule is CN(CCC[C@H](F)C(=O)C(C)(C)C)CCS(=O)(=O)O. The largest absolute Gasteiger partial charge is 0.305 e. The summed E-state index contributed by atoms with van der Waals surface area (Å²) in [5.41, 5.74) is -0.684. The maximum atomic E-state index is 13.6. The van der Waals surface area contributed by atoms with Crippen LogP contribution in [0.3, 0.4) is 0 Å². The van der Waals surface area contributed by atoms with Crippen LogP contribution in [0.15, 0.2) is 0 Å². The smallest absolute Gasteiger partial charge is 0.266 e. The molecule has 0 aliphatic heterocycles. The summed E-state index contributed by atoms with van der Waals surface area (Å²) in [6.45, 7) is 5.71. The van der Waals surface area contributed by atoms with Crippen molar-refractivity contribution in [1.82, 2.24) is 4.90 Å². The fourth-order valence-electron chi connectivity index (χ4n) is 1.52. The summed E-state index contributed by atoms with van der Waals surface area (Å²) in [5, 5.41) is 0. The molecule has 5 nitrogen and oxygen atoms in total. The van der Waals surface area contributed by atoms with Gasteiger partial charge < -0.3 is 4.90 Å². The van der Waals surface area contributed by atoms with Crippen LogP contribution >= 0.6 is 0 Å². The topological polar surface area (TPSA) is 74.7 Å². The Kier molecular flexibility index (Phi) is 7.10. The van der Waals surface area contributed by atoms with Gasteiger partial charge in [0.15, 0.2) is 12.0 Å². The van der Waals surface area contributed by atoms with Crippen molar-refractivity contribution >= 4 is 15.9 Å². The van der Waals surface area contributed by atoms with Crippen LogP contribution in [-0.4, -0.2) is 55.7 Å². The molecule has 0 amide bonds. The lowest BCUT2D eigenvalue weighted by atomic mass is 9.87. The second-order valence-electron chi connectivity index (χ2n) is 5.81. The highest BCUT2D eigenvalue weighted by molar-refractivity contribution is 7.85. The van der Waals surface area contributed by atoms with Crippen LogP contribution in [0.25, 0.3) is 0 Å². The Balaban J connectivity index is 3.94. The van der Waals surface area contributed by atoms with Gasteiger partial charge in [-0.1, -0.05) is 20.8 Å². The molecule has 1 atom stereocenters. The first-order chi connectivity index (χ1) is 8.43. The number of hydrogen-bond acceptors (Lipinski definition) is 4. The van der Waals surface area contributed by atoms with Gasteiger partial charge in [0.2, 0.25) is 0 Å². The van der Waals surface area contributed by atoms with E-state index in [2.05, 4.69) is 0 Å².